The van der Waals surface area contributed by atoms with E-state index in [1.54, 1.807) is 0 Å². The number of thioether (sulfide) groups is 1. The van der Waals surface area contributed by atoms with Crippen LogP contribution in [0.2, 0.25) is 0 Å². The van der Waals surface area contributed by atoms with E-state index in [0.29, 0.717) is 11.8 Å². The number of tetrazole rings is 1. The van der Waals surface area contributed by atoms with Crippen molar-refractivity contribution in [2.75, 3.05) is 18.3 Å². The Bertz CT molecular complexity index is 1220. The van der Waals surface area contributed by atoms with Crippen LogP contribution in [0.15, 0.2) is 15.7 Å². The fourth-order valence-corrected chi connectivity index (χ4v) is 5.39. The van der Waals surface area contributed by atoms with E-state index >= 15 is 0 Å². The molecule has 2 aromatic rings. The zero-order valence-corrected chi connectivity index (χ0v) is 22.7. The Labute approximate surface area is 227 Å². The number of hydrogen-bond acceptors (Lipinski definition) is 14. The third-order valence-electron chi connectivity index (χ3n) is 3.85. The van der Waals surface area contributed by atoms with Gasteiger partial charge in [-0.1, -0.05) is 16.9 Å². The Hall–Kier alpha value is -1.87. The number of alkyl halides is 1. The van der Waals surface area contributed by atoms with Crippen molar-refractivity contribution in [3.8, 4) is 0 Å². The van der Waals surface area contributed by atoms with E-state index in [-0.39, 0.29) is 61.4 Å². The van der Waals surface area contributed by atoms with Gasteiger partial charge in [0.25, 0.3) is 11.8 Å². The first kappa shape index (κ1) is 28.4. The molecule has 1 aliphatic rings. The predicted molar refractivity (Wildman–Crippen MR) is 112 cm³/mol. The maximum Gasteiger partial charge on any atom is 1.00 e. The second kappa shape index (κ2) is 11.7. The van der Waals surface area contributed by atoms with Crippen molar-refractivity contribution in [2.45, 2.75) is 16.6 Å². The Morgan fingerprint density at radius 1 is 1.44 bits per heavy atom. The van der Waals surface area contributed by atoms with E-state index in [2.05, 4.69) is 41.1 Å². The summed E-state index contributed by atoms with van der Waals surface area (Å²) in [5, 5.41) is 19.2. The smallest absolute Gasteiger partial charge is 0.731 e. The van der Waals surface area contributed by atoms with E-state index in [1.165, 1.54) is 17.1 Å². The molecule has 3 heterocycles. The Morgan fingerprint density at radius 3 is 2.71 bits per heavy atom. The van der Waals surface area contributed by atoms with E-state index in [1.807, 2.05) is 0 Å². The standard InChI is InChI=1S/C13H14ClN9O7S3.Na/c1-22-13(18-20-21-22)32-11-8(10(26)23(11)33(27,28)29)17-9(25)7(19-30-2)5-4-31-12(15-5)16-6(24)3-14;/h4,8,11H,3H2,1-2H3,(H,17,25)(H,15,16,24)(H,27,28,29);/q;+1/p-1/t8-,11+;/m1./s1. The molecule has 1 fully saturated rings. The van der Waals surface area contributed by atoms with Gasteiger partial charge in [0.2, 0.25) is 11.1 Å². The molecule has 178 valence electrons. The monoisotopic (exact) mass is 561 g/mol. The molecule has 0 unspecified atom stereocenters. The van der Waals surface area contributed by atoms with Gasteiger partial charge in [-0.2, -0.15) is 0 Å². The topological polar surface area (TPSA) is 214 Å². The SMILES string of the molecule is CON=C(C(=O)N[C@@H]1C(=O)N(S(=O)(=O)[O-])[C@H]1Sc1nnnn1C)c1csc(NC(=O)CCl)n1.[Na+]. The Balaban J connectivity index is 0.00000408. The molecule has 1 saturated heterocycles. The van der Waals surface area contributed by atoms with Crippen molar-refractivity contribution in [1.82, 2.24) is 34.8 Å². The molecule has 21 heteroatoms. The summed E-state index contributed by atoms with van der Waals surface area (Å²) >= 11 is 7.07. The number of nitrogens with one attached hydrogen (secondary N) is 2. The normalized spacial score (nSPS) is 18.1. The zero-order valence-electron chi connectivity index (χ0n) is 17.5. The molecule has 3 rings (SSSR count). The molecule has 0 radical (unpaired) electrons. The molecule has 0 spiro atoms. The van der Waals surface area contributed by atoms with Crippen LogP contribution in [-0.4, -0.2) is 90.3 Å². The number of thiazole rings is 1. The second-order valence-corrected chi connectivity index (χ2v) is 9.44. The number of β-lactam (4-membered cyclic amide) rings is 1. The van der Waals surface area contributed by atoms with Gasteiger partial charge in [-0.3, -0.25) is 14.4 Å². The minimum absolute atomic E-state index is 0. The summed E-state index contributed by atoms with van der Waals surface area (Å²) in [6, 6.07) is -1.43. The molecule has 2 atom stereocenters. The molecule has 2 aromatic heterocycles. The number of halogens is 1. The quantitative estimate of drug-likeness (QED) is 0.0736. The van der Waals surface area contributed by atoms with Gasteiger partial charge in [-0.05, 0) is 10.4 Å². The van der Waals surface area contributed by atoms with Gasteiger partial charge < -0.3 is 20.0 Å². The van der Waals surface area contributed by atoms with Gasteiger partial charge in [0.1, 0.15) is 30.1 Å². The van der Waals surface area contributed by atoms with Gasteiger partial charge in [-0.15, -0.1) is 28.0 Å². The van der Waals surface area contributed by atoms with Crippen LogP contribution in [0.4, 0.5) is 5.13 Å². The molecule has 2 N–H and O–H groups in total. The van der Waals surface area contributed by atoms with E-state index in [9.17, 15) is 27.4 Å². The molecule has 34 heavy (non-hydrogen) atoms. The fourth-order valence-electron chi connectivity index (χ4n) is 2.45. The van der Waals surface area contributed by atoms with Crippen LogP contribution < -0.4 is 40.2 Å². The van der Waals surface area contributed by atoms with Crippen LogP contribution in [-0.2, 0) is 36.6 Å². The minimum atomic E-state index is -5.18. The third-order valence-corrected chi connectivity index (χ3v) is 7.15. The van der Waals surface area contributed by atoms with Gasteiger partial charge in [0.15, 0.2) is 21.1 Å². The number of anilines is 1. The molecule has 16 nitrogen and oxygen atoms in total. The number of aryl methyl sites for hydroxylation is 1. The summed E-state index contributed by atoms with van der Waals surface area (Å²) < 4.78 is 35.8. The van der Waals surface area contributed by atoms with Crippen molar-refractivity contribution in [3.05, 3.63) is 11.1 Å². The summed E-state index contributed by atoms with van der Waals surface area (Å²) in [5.41, 5.74) is -0.383. The van der Waals surface area contributed by atoms with Crippen LogP contribution >= 0.6 is 34.7 Å². The first-order valence-corrected chi connectivity index (χ1v) is 12.1. The summed E-state index contributed by atoms with van der Waals surface area (Å²) in [4.78, 5) is 45.3. The predicted octanol–water partition coefficient (Wildman–Crippen LogP) is -4.90. The summed E-state index contributed by atoms with van der Waals surface area (Å²) in [6.45, 7) is 0. The first-order chi connectivity index (χ1) is 15.6. The summed E-state index contributed by atoms with van der Waals surface area (Å²) in [7, 11) is -2.56. The van der Waals surface area contributed by atoms with Gasteiger partial charge in [0.05, 0.1) is 0 Å². The van der Waals surface area contributed by atoms with E-state index in [0.717, 1.165) is 18.4 Å². The maximum atomic E-state index is 12.8. The Kier molecular flexibility index (Phi) is 9.77. The number of amides is 3. The number of rotatable bonds is 9. The first-order valence-electron chi connectivity index (χ1n) is 8.48. The average molecular weight is 562 g/mol. The fraction of sp³-hybridized carbons (Fsp3) is 0.385. The number of nitrogens with zero attached hydrogens (tertiary/aromatic N) is 7. The molecule has 0 bridgehead atoms. The van der Waals surface area contributed by atoms with Gasteiger partial charge in [-0.25, -0.2) is 22.4 Å². The molecule has 1 aliphatic heterocycles. The van der Waals surface area contributed by atoms with Crippen molar-refractivity contribution < 1.29 is 61.7 Å². The number of oxime groups is 1. The molecular formula is C13H13ClN9NaO7S3. The molecule has 3 amide bonds. The minimum Gasteiger partial charge on any atom is -0.731 e. The molecule has 0 aromatic carbocycles. The Morgan fingerprint density at radius 2 is 2.15 bits per heavy atom. The largest absolute Gasteiger partial charge is 1.00 e. The summed E-state index contributed by atoms with van der Waals surface area (Å²) in [6.07, 6.45) is 0. The van der Waals surface area contributed by atoms with Gasteiger partial charge in [0, 0.05) is 12.4 Å². The van der Waals surface area contributed by atoms with Crippen LogP contribution in [0.25, 0.3) is 0 Å². The van der Waals surface area contributed by atoms with Crippen molar-refractivity contribution >= 4 is 73.6 Å². The van der Waals surface area contributed by atoms with E-state index < -0.39 is 39.4 Å². The third kappa shape index (κ3) is 6.22. The molecule has 0 aliphatic carbocycles. The van der Waals surface area contributed by atoms with Crippen LogP contribution in [0.3, 0.4) is 0 Å². The molecule has 0 saturated carbocycles. The maximum absolute atomic E-state index is 12.8. The van der Waals surface area contributed by atoms with Crippen LogP contribution in [0.5, 0.6) is 0 Å². The summed E-state index contributed by atoms with van der Waals surface area (Å²) in [5.74, 6) is -2.95. The average Bonchev–Trinajstić information content (AvgIpc) is 3.37. The van der Waals surface area contributed by atoms with E-state index in [4.69, 9.17) is 11.6 Å². The number of carbonyl (C=O) groups is 3. The van der Waals surface area contributed by atoms with Crippen molar-refractivity contribution in [3.63, 3.8) is 0 Å². The number of aromatic nitrogens is 5. The molecular weight excluding hydrogens is 549 g/mol. The van der Waals surface area contributed by atoms with Crippen molar-refractivity contribution in [2.24, 2.45) is 12.2 Å². The number of hydrogen-bond donors (Lipinski definition) is 2. The second-order valence-electron chi connectivity index (χ2n) is 5.98. The van der Waals surface area contributed by atoms with Crippen molar-refractivity contribution in [1.29, 1.82) is 0 Å². The zero-order chi connectivity index (χ0) is 24.3. The van der Waals surface area contributed by atoms with Gasteiger partial charge >= 0.3 is 29.6 Å². The van der Waals surface area contributed by atoms with Crippen LogP contribution in [0.1, 0.15) is 5.69 Å². The number of carbonyl (C=O) groups excluding carboxylic acids is 3. The van der Waals surface area contributed by atoms with Crippen LogP contribution in [0, 0.1) is 0 Å².